The first-order valence-electron chi connectivity index (χ1n) is 9.40. The Hall–Kier alpha value is -2.17. The van der Waals surface area contributed by atoms with Gasteiger partial charge in [0.05, 0.1) is 11.8 Å². The Labute approximate surface area is 148 Å². The van der Waals surface area contributed by atoms with Crippen molar-refractivity contribution in [2.24, 2.45) is 17.8 Å². The van der Waals surface area contributed by atoms with E-state index in [1.165, 1.54) is 6.42 Å². The van der Waals surface area contributed by atoms with Crippen LogP contribution in [0.2, 0.25) is 0 Å². The van der Waals surface area contributed by atoms with Crippen molar-refractivity contribution in [3.05, 3.63) is 36.2 Å². The van der Waals surface area contributed by atoms with Crippen molar-refractivity contribution in [2.75, 3.05) is 13.1 Å². The van der Waals surface area contributed by atoms with Gasteiger partial charge >= 0.3 is 0 Å². The lowest BCUT2D eigenvalue weighted by Gasteiger charge is -2.31. The molecule has 1 heterocycles. The maximum atomic E-state index is 13.1. The highest BCUT2D eigenvalue weighted by molar-refractivity contribution is 5.80. The number of rotatable bonds is 5. The number of hydrogen-bond acceptors (Lipinski definition) is 4. The predicted octanol–water partition coefficient (Wildman–Crippen LogP) is 3.73. The Kier molecular flexibility index (Phi) is 4.32. The van der Waals surface area contributed by atoms with Crippen LogP contribution in [0.4, 0.5) is 0 Å². The van der Waals surface area contributed by atoms with Crippen LogP contribution in [0.3, 0.4) is 0 Å². The number of carbonyl (C=O) groups is 1. The van der Waals surface area contributed by atoms with Crippen LogP contribution in [0.5, 0.6) is 0 Å². The van der Waals surface area contributed by atoms with E-state index < -0.39 is 0 Å². The van der Waals surface area contributed by atoms with Crippen molar-refractivity contribution in [2.45, 2.75) is 39.0 Å². The highest BCUT2D eigenvalue weighted by Gasteiger charge is 2.54. The minimum absolute atomic E-state index is 0.00252. The average molecular weight is 339 g/mol. The summed E-state index contributed by atoms with van der Waals surface area (Å²) in [5.41, 5.74) is 0.951. The van der Waals surface area contributed by atoms with Gasteiger partial charge in [-0.3, -0.25) is 4.79 Å². The lowest BCUT2D eigenvalue weighted by Crippen LogP contribution is -2.40. The van der Waals surface area contributed by atoms with Crippen LogP contribution in [-0.2, 0) is 4.79 Å². The Morgan fingerprint density at radius 1 is 1.16 bits per heavy atom. The Morgan fingerprint density at radius 3 is 2.60 bits per heavy atom. The molecule has 2 aromatic rings. The van der Waals surface area contributed by atoms with Crippen molar-refractivity contribution in [1.29, 1.82) is 0 Å². The molecule has 1 amide bonds. The molecule has 4 atom stereocenters. The molecular weight excluding hydrogens is 314 g/mol. The second-order valence-electron chi connectivity index (χ2n) is 7.22. The Bertz CT molecular complexity index is 738. The van der Waals surface area contributed by atoms with Gasteiger partial charge in [-0.15, -0.1) is 0 Å². The minimum atomic E-state index is 0.00252. The summed E-state index contributed by atoms with van der Waals surface area (Å²) in [5.74, 6) is 2.58. The van der Waals surface area contributed by atoms with Crippen molar-refractivity contribution < 1.29 is 9.32 Å². The van der Waals surface area contributed by atoms with Crippen LogP contribution in [-0.4, -0.2) is 34.0 Å². The van der Waals surface area contributed by atoms with E-state index in [0.717, 1.165) is 31.5 Å². The van der Waals surface area contributed by atoms with Gasteiger partial charge in [-0.25, -0.2) is 0 Å². The fourth-order valence-electron chi connectivity index (χ4n) is 4.82. The van der Waals surface area contributed by atoms with E-state index in [0.29, 0.717) is 23.6 Å². The van der Waals surface area contributed by atoms with Gasteiger partial charge in [-0.05, 0) is 44.9 Å². The lowest BCUT2D eigenvalue weighted by molar-refractivity contribution is -0.137. The average Bonchev–Trinajstić information content (AvgIpc) is 3.38. The largest absolute Gasteiger partial charge is 0.343 e. The molecule has 0 saturated heterocycles. The molecule has 132 valence electrons. The van der Waals surface area contributed by atoms with E-state index >= 15 is 0 Å². The van der Waals surface area contributed by atoms with E-state index in [1.807, 2.05) is 49.1 Å². The maximum absolute atomic E-state index is 13.1. The molecule has 0 unspecified atom stereocenters. The van der Waals surface area contributed by atoms with Gasteiger partial charge in [0, 0.05) is 18.7 Å². The number of fused-ring (bicyclic) bond motifs is 2. The molecule has 2 aliphatic rings. The summed E-state index contributed by atoms with van der Waals surface area (Å²) in [6, 6.07) is 9.87. The summed E-state index contributed by atoms with van der Waals surface area (Å²) in [6.07, 6.45) is 3.43. The minimum Gasteiger partial charge on any atom is -0.343 e. The van der Waals surface area contributed by atoms with Gasteiger partial charge in [0.2, 0.25) is 17.6 Å². The number of hydrogen-bond donors (Lipinski definition) is 0. The van der Waals surface area contributed by atoms with Gasteiger partial charge < -0.3 is 9.42 Å². The molecule has 25 heavy (non-hydrogen) atoms. The number of aromatic nitrogens is 2. The van der Waals surface area contributed by atoms with Crippen LogP contribution in [0, 0.1) is 17.8 Å². The van der Waals surface area contributed by atoms with E-state index in [1.54, 1.807) is 0 Å². The van der Waals surface area contributed by atoms with Crippen LogP contribution in [0.15, 0.2) is 34.9 Å². The normalized spacial score (nSPS) is 27.6. The molecule has 2 fully saturated rings. The molecule has 2 saturated carbocycles. The van der Waals surface area contributed by atoms with E-state index in [-0.39, 0.29) is 17.7 Å². The van der Waals surface area contributed by atoms with Crippen LogP contribution < -0.4 is 0 Å². The molecular formula is C20H25N3O2. The first-order valence-corrected chi connectivity index (χ1v) is 9.40. The highest BCUT2D eigenvalue weighted by atomic mass is 16.5. The zero-order valence-corrected chi connectivity index (χ0v) is 14.9. The molecule has 0 spiro atoms. The van der Waals surface area contributed by atoms with Crippen molar-refractivity contribution in [1.82, 2.24) is 15.0 Å². The second kappa shape index (κ2) is 6.62. The van der Waals surface area contributed by atoms with Gasteiger partial charge in [0.25, 0.3) is 0 Å². The third-order valence-corrected chi connectivity index (χ3v) is 6.04. The number of amides is 1. The third kappa shape index (κ3) is 2.75. The number of carbonyl (C=O) groups excluding carboxylic acids is 1. The smallest absolute Gasteiger partial charge is 0.231 e. The van der Waals surface area contributed by atoms with E-state index in [4.69, 9.17) is 4.52 Å². The molecule has 2 aliphatic carbocycles. The van der Waals surface area contributed by atoms with Crippen LogP contribution in [0.1, 0.15) is 44.9 Å². The summed E-state index contributed by atoms with van der Waals surface area (Å²) in [4.78, 5) is 19.7. The number of benzene rings is 1. The maximum Gasteiger partial charge on any atom is 0.231 e. The highest BCUT2D eigenvalue weighted by Crippen LogP contribution is 2.56. The third-order valence-electron chi connectivity index (χ3n) is 6.04. The summed E-state index contributed by atoms with van der Waals surface area (Å²) in [6.45, 7) is 5.61. The Balaban J connectivity index is 1.64. The first kappa shape index (κ1) is 16.3. The quantitative estimate of drug-likeness (QED) is 0.833. The van der Waals surface area contributed by atoms with Gasteiger partial charge in [0.15, 0.2) is 0 Å². The molecule has 5 nitrogen and oxygen atoms in total. The standard InChI is InChI=1S/C20H25N3O2/c1-3-23(4-2)20(24)17-15-11-10-14(12-15)16(17)19-21-18(22-25-19)13-8-6-5-7-9-13/h5-9,14-17H,3-4,10-12H2,1-2H3/t14-,15+,16+,17+/m1/s1. The zero-order valence-electron chi connectivity index (χ0n) is 14.9. The molecule has 5 heteroatoms. The molecule has 1 aromatic carbocycles. The van der Waals surface area contributed by atoms with Gasteiger partial charge in [-0.2, -0.15) is 4.98 Å². The zero-order chi connectivity index (χ0) is 17.4. The van der Waals surface area contributed by atoms with Crippen LogP contribution >= 0.6 is 0 Å². The Morgan fingerprint density at radius 2 is 1.88 bits per heavy atom. The summed E-state index contributed by atoms with van der Waals surface area (Å²) in [7, 11) is 0. The van der Waals surface area contributed by atoms with E-state index in [9.17, 15) is 4.79 Å². The molecule has 0 aliphatic heterocycles. The summed E-state index contributed by atoms with van der Waals surface area (Å²) in [5, 5.41) is 4.18. The van der Waals surface area contributed by atoms with Crippen molar-refractivity contribution in [3.63, 3.8) is 0 Å². The van der Waals surface area contributed by atoms with Crippen molar-refractivity contribution in [3.8, 4) is 11.4 Å². The second-order valence-corrected chi connectivity index (χ2v) is 7.22. The molecule has 2 bridgehead atoms. The van der Waals surface area contributed by atoms with Gasteiger partial charge in [0.1, 0.15) is 0 Å². The van der Waals surface area contributed by atoms with Crippen molar-refractivity contribution >= 4 is 5.91 Å². The monoisotopic (exact) mass is 339 g/mol. The fraction of sp³-hybridized carbons (Fsp3) is 0.550. The first-order chi connectivity index (χ1) is 12.2. The SMILES string of the molecule is CCN(CC)C(=O)[C@H]1[C@H]2CC[C@H](C2)[C@@H]1c1nc(-c2ccccc2)no1. The topological polar surface area (TPSA) is 59.2 Å². The van der Waals surface area contributed by atoms with E-state index in [2.05, 4.69) is 10.1 Å². The number of nitrogens with zero attached hydrogens (tertiary/aromatic N) is 3. The van der Waals surface area contributed by atoms with Gasteiger partial charge in [-0.1, -0.05) is 35.5 Å². The molecule has 4 rings (SSSR count). The molecule has 1 aromatic heterocycles. The lowest BCUT2D eigenvalue weighted by atomic mass is 9.78. The summed E-state index contributed by atoms with van der Waals surface area (Å²) < 4.78 is 5.65. The fourth-order valence-corrected chi connectivity index (χ4v) is 4.82. The predicted molar refractivity (Wildman–Crippen MR) is 94.7 cm³/mol. The molecule has 0 N–H and O–H groups in total. The summed E-state index contributed by atoms with van der Waals surface area (Å²) >= 11 is 0. The van der Waals surface area contributed by atoms with Crippen LogP contribution in [0.25, 0.3) is 11.4 Å². The molecule has 0 radical (unpaired) electrons.